The molecule has 0 saturated carbocycles. The van der Waals surface area contributed by atoms with Crippen LogP contribution in [0.2, 0.25) is 0 Å². The molecule has 0 amide bonds. The van der Waals surface area contributed by atoms with Crippen LogP contribution in [0.5, 0.6) is 0 Å². The average Bonchev–Trinajstić information content (AvgIpc) is 2.72. The van der Waals surface area contributed by atoms with E-state index in [1.165, 1.54) is 30.3 Å². The summed E-state index contributed by atoms with van der Waals surface area (Å²) in [5, 5.41) is 20.0. The Morgan fingerprint density at radius 2 is 1.42 bits per heavy atom. The maximum Gasteiger partial charge on any atom is 0.303 e. The molecular formula is C20H16N2O7S2. The summed E-state index contributed by atoms with van der Waals surface area (Å²) in [6, 6.07) is 17.2. The molecule has 2 unspecified atom stereocenters. The molecule has 4 rings (SSSR count). The lowest BCUT2D eigenvalue weighted by Gasteiger charge is -2.39. The standard InChI is InChI=1S/C20H16N2O7S2/c23-20(31(27,28)29)17-10-4-2-7-15(17)12-13-19(20,30(24,25)26)22-21-18-11-5-8-14-6-1-3-9-16(14)18/h1-13,23H,(H,24,25,26)(H,27,28,29). The van der Waals surface area contributed by atoms with Crippen molar-refractivity contribution >= 4 is 42.8 Å². The van der Waals surface area contributed by atoms with Crippen LogP contribution in [0, 0.1) is 0 Å². The summed E-state index contributed by atoms with van der Waals surface area (Å²) in [5.74, 6) is 0. The van der Waals surface area contributed by atoms with E-state index >= 15 is 0 Å². The van der Waals surface area contributed by atoms with E-state index in [4.69, 9.17) is 0 Å². The van der Waals surface area contributed by atoms with Crippen molar-refractivity contribution in [3.63, 3.8) is 0 Å². The molecule has 3 N–H and O–H groups in total. The number of hydrogen-bond acceptors (Lipinski definition) is 7. The fourth-order valence-corrected chi connectivity index (χ4v) is 6.04. The molecule has 0 aromatic heterocycles. The summed E-state index contributed by atoms with van der Waals surface area (Å²) in [6.07, 6.45) is 1.86. The van der Waals surface area contributed by atoms with E-state index in [1.54, 1.807) is 36.4 Å². The molecule has 3 aromatic rings. The highest BCUT2D eigenvalue weighted by Gasteiger charge is 2.69. The van der Waals surface area contributed by atoms with Crippen LogP contribution in [-0.2, 0) is 25.2 Å². The van der Waals surface area contributed by atoms with E-state index < -0.39 is 35.6 Å². The van der Waals surface area contributed by atoms with Crippen molar-refractivity contribution < 1.29 is 31.0 Å². The Balaban J connectivity index is 2.04. The number of azo groups is 1. The molecular weight excluding hydrogens is 444 g/mol. The molecule has 0 bridgehead atoms. The highest BCUT2D eigenvalue weighted by atomic mass is 32.2. The summed E-state index contributed by atoms with van der Waals surface area (Å²) >= 11 is 0. The molecule has 0 heterocycles. The van der Waals surface area contributed by atoms with E-state index in [0.717, 1.165) is 11.5 Å². The van der Waals surface area contributed by atoms with E-state index in [-0.39, 0.29) is 11.3 Å². The molecule has 1 aliphatic rings. The van der Waals surface area contributed by atoms with Crippen molar-refractivity contribution in [2.24, 2.45) is 10.2 Å². The third-order valence-corrected chi connectivity index (χ3v) is 7.85. The third kappa shape index (κ3) is 3.09. The number of fused-ring (bicyclic) bond motifs is 2. The Morgan fingerprint density at radius 1 is 0.774 bits per heavy atom. The number of benzene rings is 3. The lowest BCUT2D eigenvalue weighted by atomic mass is 9.90. The molecule has 0 saturated heterocycles. The first-order valence-corrected chi connectivity index (χ1v) is 11.8. The van der Waals surface area contributed by atoms with Gasteiger partial charge in [-0.2, -0.15) is 27.1 Å². The van der Waals surface area contributed by atoms with Crippen LogP contribution < -0.4 is 0 Å². The van der Waals surface area contributed by atoms with Crippen molar-refractivity contribution in [2.45, 2.75) is 9.80 Å². The number of hydrogen-bond donors (Lipinski definition) is 3. The Bertz CT molecular complexity index is 1460. The van der Waals surface area contributed by atoms with Crippen LogP contribution in [0.3, 0.4) is 0 Å². The third-order valence-electron chi connectivity index (χ3n) is 5.14. The van der Waals surface area contributed by atoms with Crippen LogP contribution >= 0.6 is 0 Å². The SMILES string of the molecule is O=S(=O)(O)C1(N=Nc2cccc3ccccc23)C=Cc2ccccc2C1(O)S(=O)(=O)O. The minimum absolute atomic E-state index is 0.113. The first-order valence-electron chi connectivity index (χ1n) is 8.87. The Labute approximate surface area is 177 Å². The second-order valence-electron chi connectivity index (χ2n) is 6.91. The fraction of sp³-hybridized carbons (Fsp3) is 0.100. The van der Waals surface area contributed by atoms with Crippen molar-refractivity contribution in [3.05, 3.63) is 83.9 Å². The molecule has 0 aliphatic heterocycles. The molecule has 31 heavy (non-hydrogen) atoms. The predicted molar refractivity (Wildman–Crippen MR) is 114 cm³/mol. The van der Waals surface area contributed by atoms with Gasteiger partial charge in [0.1, 0.15) is 0 Å². The van der Waals surface area contributed by atoms with Gasteiger partial charge in [-0.25, -0.2) is 0 Å². The lowest BCUT2D eigenvalue weighted by molar-refractivity contribution is 0.0764. The van der Waals surface area contributed by atoms with E-state index in [2.05, 4.69) is 10.2 Å². The monoisotopic (exact) mass is 460 g/mol. The Hall–Kier alpha value is -2.96. The smallest absolute Gasteiger partial charge is 0.303 e. The van der Waals surface area contributed by atoms with Crippen LogP contribution in [0.4, 0.5) is 5.69 Å². The summed E-state index contributed by atoms with van der Waals surface area (Å²) in [7, 11) is -11.0. The zero-order valence-corrected chi connectivity index (χ0v) is 17.3. The highest BCUT2D eigenvalue weighted by molar-refractivity contribution is 7.91. The van der Waals surface area contributed by atoms with Crippen molar-refractivity contribution in [1.29, 1.82) is 0 Å². The summed E-state index contributed by atoms with van der Waals surface area (Å²) < 4.78 is 69.6. The van der Waals surface area contributed by atoms with Gasteiger partial charge in [0.05, 0.1) is 5.69 Å². The molecule has 0 spiro atoms. The first-order chi connectivity index (χ1) is 14.5. The van der Waals surface area contributed by atoms with Gasteiger partial charge in [0.25, 0.3) is 9.80 Å². The zero-order valence-electron chi connectivity index (χ0n) is 15.7. The van der Waals surface area contributed by atoms with Gasteiger partial charge in [-0.15, -0.1) is 0 Å². The van der Waals surface area contributed by atoms with Crippen LogP contribution in [0.15, 0.2) is 83.0 Å². The minimum Gasteiger partial charge on any atom is -0.366 e. The van der Waals surface area contributed by atoms with Crippen molar-refractivity contribution in [2.75, 3.05) is 0 Å². The average molecular weight is 460 g/mol. The van der Waals surface area contributed by atoms with Crippen LogP contribution in [0.1, 0.15) is 11.1 Å². The first kappa shape index (κ1) is 21.3. The Kier molecular flexibility index (Phi) is 4.83. The summed E-state index contributed by atoms with van der Waals surface area (Å²) in [6.45, 7) is 0. The molecule has 9 nitrogen and oxygen atoms in total. The van der Waals surface area contributed by atoms with E-state index in [0.29, 0.717) is 11.5 Å². The predicted octanol–water partition coefficient (Wildman–Crippen LogP) is 3.27. The second kappa shape index (κ2) is 7.04. The maximum absolute atomic E-state index is 12.5. The number of aliphatic hydroxyl groups is 1. The highest BCUT2D eigenvalue weighted by Crippen LogP contribution is 2.49. The second-order valence-corrected chi connectivity index (χ2v) is 10.0. The quantitative estimate of drug-likeness (QED) is 0.399. The van der Waals surface area contributed by atoms with Crippen molar-refractivity contribution in [3.8, 4) is 0 Å². The topological polar surface area (TPSA) is 154 Å². The maximum atomic E-state index is 12.5. The summed E-state index contributed by atoms with van der Waals surface area (Å²) in [4.78, 5) is -6.83. The fourth-order valence-electron chi connectivity index (χ4n) is 3.62. The molecule has 0 fully saturated rings. The van der Waals surface area contributed by atoms with Gasteiger partial charge < -0.3 is 5.11 Å². The molecule has 11 heteroatoms. The number of nitrogens with zero attached hydrogens (tertiary/aromatic N) is 2. The van der Waals surface area contributed by atoms with Gasteiger partial charge in [-0.05, 0) is 23.1 Å². The lowest BCUT2D eigenvalue weighted by Crippen LogP contribution is -2.59. The molecule has 160 valence electrons. The molecule has 3 aromatic carbocycles. The van der Waals surface area contributed by atoms with Crippen LogP contribution in [-0.4, -0.2) is 35.9 Å². The van der Waals surface area contributed by atoms with Gasteiger partial charge in [-0.1, -0.05) is 66.7 Å². The molecule has 1 aliphatic carbocycles. The largest absolute Gasteiger partial charge is 0.366 e. The normalized spacial score (nSPS) is 23.8. The van der Waals surface area contributed by atoms with Gasteiger partial charge in [0, 0.05) is 10.9 Å². The van der Waals surface area contributed by atoms with Gasteiger partial charge in [0.15, 0.2) is 0 Å². The van der Waals surface area contributed by atoms with Gasteiger partial charge >= 0.3 is 20.2 Å². The number of rotatable bonds is 4. The zero-order chi connectivity index (χ0) is 22.5. The van der Waals surface area contributed by atoms with E-state index in [1.807, 2.05) is 0 Å². The Morgan fingerprint density at radius 3 is 2.13 bits per heavy atom. The summed E-state index contributed by atoms with van der Waals surface area (Å²) in [5.41, 5.74) is -0.206. The van der Waals surface area contributed by atoms with Gasteiger partial charge in [-0.3, -0.25) is 9.11 Å². The molecule has 2 atom stereocenters. The minimum atomic E-state index is -5.57. The molecule has 0 radical (unpaired) electrons. The van der Waals surface area contributed by atoms with Crippen molar-refractivity contribution in [1.82, 2.24) is 0 Å². The van der Waals surface area contributed by atoms with Gasteiger partial charge in [0.2, 0.25) is 0 Å². The van der Waals surface area contributed by atoms with Crippen LogP contribution in [0.25, 0.3) is 16.8 Å². The van der Waals surface area contributed by atoms with E-state index in [9.17, 15) is 31.0 Å².